The topological polar surface area (TPSA) is 42.2 Å². The van der Waals surface area contributed by atoms with Crippen molar-refractivity contribution in [2.75, 3.05) is 7.05 Å². The zero-order chi connectivity index (χ0) is 10.8. The van der Waals surface area contributed by atoms with Gasteiger partial charge < -0.3 is 5.32 Å². The zero-order valence-corrected chi connectivity index (χ0v) is 9.36. The maximum atomic E-state index is 4.23. The first-order valence-corrected chi connectivity index (χ1v) is 5.21. The van der Waals surface area contributed by atoms with Gasteiger partial charge in [0.1, 0.15) is 5.82 Å². The molecule has 80 valence electrons. The Morgan fingerprint density at radius 3 is 2.87 bits per heavy atom. The lowest BCUT2D eigenvalue weighted by molar-refractivity contribution is 0.757. The second-order valence-corrected chi connectivity index (χ2v) is 3.97. The normalized spacial score (nSPS) is 11.5. The predicted octanol–water partition coefficient (Wildman–Crippen LogP) is 1.57. The average Bonchev–Trinajstić information content (AvgIpc) is 2.62. The highest BCUT2D eigenvalue weighted by Gasteiger charge is 2.10. The lowest BCUT2D eigenvalue weighted by Gasteiger charge is -2.04. The van der Waals surface area contributed by atoms with E-state index in [0.29, 0.717) is 5.92 Å². The van der Waals surface area contributed by atoms with E-state index in [0.717, 1.165) is 18.0 Å². The van der Waals surface area contributed by atoms with Crippen molar-refractivity contribution in [1.82, 2.24) is 19.9 Å². The highest BCUT2D eigenvalue weighted by atomic mass is 15.2. The summed E-state index contributed by atoms with van der Waals surface area (Å²) in [6, 6.07) is 4.11. The van der Waals surface area contributed by atoms with E-state index in [1.807, 2.05) is 19.3 Å². The average molecular weight is 204 g/mol. The second-order valence-electron chi connectivity index (χ2n) is 3.97. The van der Waals surface area contributed by atoms with Crippen LogP contribution < -0.4 is 5.32 Å². The molecule has 2 heterocycles. The van der Waals surface area contributed by atoms with Crippen LogP contribution in [0.2, 0.25) is 0 Å². The van der Waals surface area contributed by atoms with Crippen LogP contribution in [0, 0.1) is 0 Å². The third kappa shape index (κ3) is 1.72. The zero-order valence-electron chi connectivity index (χ0n) is 9.36. The summed E-state index contributed by atoms with van der Waals surface area (Å²) in [5.74, 6) is 1.41. The van der Waals surface area contributed by atoms with Gasteiger partial charge in [-0.2, -0.15) is 0 Å². The number of fused-ring (bicyclic) bond motifs is 1. The van der Waals surface area contributed by atoms with Crippen molar-refractivity contribution < 1.29 is 0 Å². The molecule has 0 atom stereocenters. The third-order valence-electron chi connectivity index (χ3n) is 2.43. The van der Waals surface area contributed by atoms with Crippen LogP contribution in [0.25, 0.3) is 5.65 Å². The Morgan fingerprint density at radius 1 is 1.40 bits per heavy atom. The highest BCUT2D eigenvalue weighted by molar-refractivity contribution is 5.47. The molecule has 2 aromatic heterocycles. The van der Waals surface area contributed by atoms with Crippen LogP contribution in [0.4, 0.5) is 0 Å². The number of rotatable bonds is 3. The molecule has 0 saturated carbocycles. The Bertz CT molecular complexity index is 459. The molecule has 0 aliphatic rings. The summed E-state index contributed by atoms with van der Waals surface area (Å²) >= 11 is 0. The largest absolute Gasteiger partial charge is 0.316 e. The van der Waals surface area contributed by atoms with Gasteiger partial charge >= 0.3 is 0 Å². The maximum absolute atomic E-state index is 4.23. The quantitative estimate of drug-likeness (QED) is 0.825. The molecule has 0 aromatic carbocycles. The van der Waals surface area contributed by atoms with Crippen LogP contribution in [0.5, 0.6) is 0 Å². The van der Waals surface area contributed by atoms with E-state index in [2.05, 4.69) is 39.8 Å². The fourth-order valence-electron chi connectivity index (χ4n) is 1.71. The fraction of sp³-hybridized carbons (Fsp3) is 0.455. The summed E-state index contributed by atoms with van der Waals surface area (Å²) < 4.78 is 2.07. The summed E-state index contributed by atoms with van der Waals surface area (Å²) in [5, 5.41) is 11.6. The summed E-state index contributed by atoms with van der Waals surface area (Å²) in [4.78, 5) is 0. The second kappa shape index (κ2) is 3.98. The molecule has 0 aliphatic heterocycles. The van der Waals surface area contributed by atoms with Gasteiger partial charge in [0.05, 0.1) is 0 Å². The number of nitrogens with zero attached hydrogens (tertiary/aromatic N) is 3. The van der Waals surface area contributed by atoms with Crippen molar-refractivity contribution in [2.45, 2.75) is 26.3 Å². The summed E-state index contributed by atoms with van der Waals surface area (Å²) in [6.45, 7) is 5.07. The van der Waals surface area contributed by atoms with Crippen LogP contribution in [0.3, 0.4) is 0 Å². The maximum Gasteiger partial charge on any atom is 0.165 e. The molecular formula is C11H16N4. The minimum Gasteiger partial charge on any atom is -0.316 e. The SMILES string of the molecule is CNCc1cccn2c(C(C)C)nnc12. The van der Waals surface area contributed by atoms with Crippen molar-refractivity contribution in [3.05, 3.63) is 29.7 Å². The molecule has 4 heteroatoms. The molecule has 0 saturated heterocycles. The van der Waals surface area contributed by atoms with Crippen LogP contribution in [-0.2, 0) is 6.54 Å². The van der Waals surface area contributed by atoms with Crippen molar-refractivity contribution >= 4 is 5.65 Å². The van der Waals surface area contributed by atoms with E-state index < -0.39 is 0 Å². The highest BCUT2D eigenvalue weighted by Crippen LogP contribution is 2.15. The number of pyridine rings is 1. The monoisotopic (exact) mass is 204 g/mol. The minimum atomic E-state index is 0.393. The van der Waals surface area contributed by atoms with E-state index in [1.165, 1.54) is 5.56 Å². The molecule has 4 nitrogen and oxygen atoms in total. The van der Waals surface area contributed by atoms with Gasteiger partial charge in [-0.3, -0.25) is 4.40 Å². The van der Waals surface area contributed by atoms with Gasteiger partial charge in [0, 0.05) is 24.2 Å². The Balaban J connectivity index is 2.58. The molecule has 2 rings (SSSR count). The van der Waals surface area contributed by atoms with Crippen LogP contribution in [0.1, 0.15) is 31.2 Å². The molecule has 0 spiro atoms. The van der Waals surface area contributed by atoms with E-state index in [1.54, 1.807) is 0 Å². The van der Waals surface area contributed by atoms with E-state index in [4.69, 9.17) is 0 Å². The lowest BCUT2D eigenvalue weighted by Crippen LogP contribution is -2.07. The lowest BCUT2D eigenvalue weighted by atomic mass is 10.2. The van der Waals surface area contributed by atoms with Gasteiger partial charge in [-0.1, -0.05) is 19.9 Å². The predicted molar refractivity (Wildman–Crippen MR) is 59.8 cm³/mol. The third-order valence-corrected chi connectivity index (χ3v) is 2.43. The van der Waals surface area contributed by atoms with E-state index in [-0.39, 0.29) is 0 Å². The molecule has 0 aliphatic carbocycles. The molecule has 0 bridgehead atoms. The van der Waals surface area contributed by atoms with Crippen molar-refractivity contribution in [3.63, 3.8) is 0 Å². The van der Waals surface area contributed by atoms with Gasteiger partial charge in [0.2, 0.25) is 0 Å². The first-order chi connectivity index (χ1) is 7.24. The standard InChI is InChI=1S/C11H16N4/c1-8(2)10-13-14-11-9(7-12-3)5-4-6-15(10)11/h4-6,8,12H,7H2,1-3H3. The van der Waals surface area contributed by atoms with Crippen LogP contribution >= 0.6 is 0 Å². The van der Waals surface area contributed by atoms with Gasteiger partial charge in [0.25, 0.3) is 0 Å². The van der Waals surface area contributed by atoms with E-state index >= 15 is 0 Å². The summed E-state index contributed by atoms with van der Waals surface area (Å²) in [5.41, 5.74) is 2.13. The first-order valence-electron chi connectivity index (χ1n) is 5.21. The number of hydrogen-bond donors (Lipinski definition) is 1. The Hall–Kier alpha value is -1.42. The number of nitrogens with one attached hydrogen (secondary N) is 1. The van der Waals surface area contributed by atoms with Crippen LogP contribution in [0.15, 0.2) is 18.3 Å². The van der Waals surface area contributed by atoms with Gasteiger partial charge in [-0.15, -0.1) is 10.2 Å². The molecule has 1 N–H and O–H groups in total. The molecular weight excluding hydrogens is 188 g/mol. The minimum absolute atomic E-state index is 0.393. The molecule has 0 unspecified atom stereocenters. The molecule has 15 heavy (non-hydrogen) atoms. The van der Waals surface area contributed by atoms with Crippen molar-refractivity contribution in [2.24, 2.45) is 0 Å². The van der Waals surface area contributed by atoms with Crippen LogP contribution in [-0.4, -0.2) is 21.6 Å². The Morgan fingerprint density at radius 2 is 2.20 bits per heavy atom. The number of aromatic nitrogens is 3. The molecule has 2 aromatic rings. The first kappa shape index (κ1) is 10.1. The molecule has 0 fully saturated rings. The smallest absolute Gasteiger partial charge is 0.165 e. The fourth-order valence-corrected chi connectivity index (χ4v) is 1.71. The van der Waals surface area contributed by atoms with Gasteiger partial charge in [-0.25, -0.2) is 0 Å². The van der Waals surface area contributed by atoms with E-state index in [9.17, 15) is 0 Å². The van der Waals surface area contributed by atoms with Gasteiger partial charge in [0.15, 0.2) is 5.65 Å². The summed E-state index contributed by atoms with van der Waals surface area (Å²) in [7, 11) is 1.93. The Labute approximate surface area is 89.3 Å². The Kier molecular flexibility index (Phi) is 2.68. The summed E-state index contributed by atoms with van der Waals surface area (Å²) in [6.07, 6.45) is 2.02. The molecule has 0 amide bonds. The van der Waals surface area contributed by atoms with Crippen molar-refractivity contribution in [1.29, 1.82) is 0 Å². The van der Waals surface area contributed by atoms with Gasteiger partial charge in [-0.05, 0) is 13.1 Å². The number of hydrogen-bond acceptors (Lipinski definition) is 3. The molecule has 0 radical (unpaired) electrons. The van der Waals surface area contributed by atoms with Crippen molar-refractivity contribution in [3.8, 4) is 0 Å².